The molecule has 0 bridgehead atoms. The summed E-state index contributed by atoms with van der Waals surface area (Å²) in [7, 11) is 0. The fraction of sp³-hybridized carbons (Fsp3) is 0.303. The van der Waals surface area contributed by atoms with E-state index < -0.39 is 60.5 Å². The van der Waals surface area contributed by atoms with Crippen molar-refractivity contribution in [2.75, 3.05) is 6.61 Å². The summed E-state index contributed by atoms with van der Waals surface area (Å²) < 4.78 is 28.3. The second-order valence-corrected chi connectivity index (χ2v) is 9.60. The van der Waals surface area contributed by atoms with Gasteiger partial charge in [-0.1, -0.05) is 91.0 Å². The smallest absolute Gasteiger partial charge is 0.303 e. The third kappa shape index (κ3) is 8.59. The summed E-state index contributed by atoms with van der Waals surface area (Å²) in [6.07, 6.45) is -6.17. The summed E-state index contributed by atoms with van der Waals surface area (Å²) in [5.41, 5.74) is 0.945. The van der Waals surface area contributed by atoms with Crippen molar-refractivity contribution in [2.45, 2.75) is 57.7 Å². The summed E-state index contributed by atoms with van der Waals surface area (Å²) in [6.45, 7) is 3.94. The Balaban J connectivity index is 2.20. The molecule has 4 atom stereocenters. The van der Waals surface area contributed by atoms with Gasteiger partial charge in [-0.3, -0.25) is 24.0 Å². The maximum atomic E-state index is 12.4. The molecule has 0 heterocycles. The Morgan fingerprint density at radius 2 is 0.953 bits per heavy atom. The van der Waals surface area contributed by atoms with E-state index in [0.717, 1.165) is 44.4 Å². The highest BCUT2D eigenvalue weighted by atomic mass is 16.6. The zero-order chi connectivity index (χ0) is 31.4. The molecule has 0 amide bonds. The molecule has 0 spiro atoms. The predicted octanol–water partition coefficient (Wildman–Crippen LogP) is 3.92. The van der Waals surface area contributed by atoms with Gasteiger partial charge in [-0.2, -0.15) is 0 Å². The van der Waals surface area contributed by atoms with Crippen molar-refractivity contribution < 1.29 is 47.7 Å². The molecule has 0 unspecified atom stereocenters. The van der Waals surface area contributed by atoms with Crippen molar-refractivity contribution in [3.8, 4) is 0 Å². The summed E-state index contributed by atoms with van der Waals surface area (Å²) in [4.78, 5) is 60.6. The van der Waals surface area contributed by atoms with E-state index in [1.54, 1.807) is 0 Å². The van der Waals surface area contributed by atoms with Crippen LogP contribution in [-0.4, -0.2) is 61.2 Å². The van der Waals surface area contributed by atoms with Gasteiger partial charge >= 0.3 is 23.9 Å². The Morgan fingerprint density at radius 1 is 0.581 bits per heavy atom. The van der Waals surface area contributed by atoms with Crippen LogP contribution >= 0.6 is 0 Å². The molecule has 3 aromatic carbocycles. The van der Waals surface area contributed by atoms with Gasteiger partial charge in [-0.05, 0) is 16.7 Å². The molecule has 10 heteroatoms. The van der Waals surface area contributed by atoms with E-state index in [2.05, 4.69) is 0 Å². The van der Waals surface area contributed by atoms with E-state index in [-0.39, 0.29) is 6.29 Å². The molecule has 10 nitrogen and oxygen atoms in total. The number of benzene rings is 3. The van der Waals surface area contributed by atoms with Crippen LogP contribution in [0, 0.1) is 0 Å². The third-order valence-electron chi connectivity index (χ3n) is 6.38. The molecule has 0 aliphatic rings. The third-order valence-corrected chi connectivity index (χ3v) is 6.38. The Bertz CT molecular complexity index is 1280. The van der Waals surface area contributed by atoms with Crippen molar-refractivity contribution in [1.82, 2.24) is 0 Å². The van der Waals surface area contributed by atoms with Crippen LogP contribution in [-0.2, 0) is 53.3 Å². The molecule has 0 aliphatic carbocycles. The maximum absolute atomic E-state index is 12.4. The number of rotatable bonds is 14. The van der Waals surface area contributed by atoms with Gasteiger partial charge in [0.05, 0.1) is 6.61 Å². The molecule has 0 saturated heterocycles. The highest BCUT2D eigenvalue weighted by Crippen LogP contribution is 2.41. The first kappa shape index (κ1) is 32.7. The number of hydrogen-bond donors (Lipinski definition) is 0. The summed E-state index contributed by atoms with van der Waals surface area (Å²) in [5.74, 6) is -3.33. The van der Waals surface area contributed by atoms with Crippen LogP contribution in [0.2, 0.25) is 0 Å². The molecule has 43 heavy (non-hydrogen) atoms. The lowest BCUT2D eigenvalue weighted by atomic mass is 9.80. The van der Waals surface area contributed by atoms with Gasteiger partial charge in [0.15, 0.2) is 30.7 Å². The Kier molecular flexibility index (Phi) is 11.7. The second-order valence-electron chi connectivity index (χ2n) is 9.60. The van der Waals surface area contributed by atoms with Crippen LogP contribution in [0.25, 0.3) is 0 Å². The first-order chi connectivity index (χ1) is 20.6. The predicted molar refractivity (Wildman–Crippen MR) is 153 cm³/mol. The van der Waals surface area contributed by atoms with Crippen LogP contribution in [0.5, 0.6) is 0 Å². The molecule has 0 aromatic heterocycles. The quantitative estimate of drug-likeness (QED) is 0.118. The molecule has 0 saturated carbocycles. The normalized spacial score (nSPS) is 13.9. The standard InChI is InChI=1S/C33H34O10/c1-22(35)40-29(20-34)31(42-24(3)37)32(43-25(4)38)30(41-23(2)36)21-39-33(26-14-8-5-9-15-26,27-16-10-6-11-17-27)28-18-12-7-13-19-28/h5-20,29-32H,21H2,1-4H3/t29-,30+,31+,32+/m0/s1. The maximum Gasteiger partial charge on any atom is 0.303 e. The second kappa shape index (κ2) is 15.4. The zero-order valence-corrected chi connectivity index (χ0v) is 24.3. The van der Waals surface area contributed by atoms with Gasteiger partial charge in [-0.15, -0.1) is 0 Å². The van der Waals surface area contributed by atoms with Crippen LogP contribution in [0.15, 0.2) is 91.0 Å². The van der Waals surface area contributed by atoms with E-state index in [9.17, 15) is 24.0 Å². The number of esters is 4. The van der Waals surface area contributed by atoms with Crippen molar-refractivity contribution in [1.29, 1.82) is 0 Å². The van der Waals surface area contributed by atoms with E-state index in [1.165, 1.54) is 0 Å². The largest absolute Gasteiger partial charge is 0.456 e. The minimum absolute atomic E-state index is 0.236. The molecule has 3 aromatic rings. The molecule has 0 radical (unpaired) electrons. The molecule has 0 fully saturated rings. The van der Waals surface area contributed by atoms with E-state index >= 15 is 0 Å². The van der Waals surface area contributed by atoms with E-state index in [1.807, 2.05) is 91.0 Å². The summed E-state index contributed by atoms with van der Waals surface area (Å²) >= 11 is 0. The molecule has 0 aliphatic heterocycles. The number of carbonyl (C=O) groups is 5. The fourth-order valence-corrected chi connectivity index (χ4v) is 4.81. The molecule has 226 valence electrons. The number of ether oxygens (including phenoxy) is 5. The summed E-state index contributed by atoms with van der Waals surface area (Å²) in [5, 5.41) is 0. The summed E-state index contributed by atoms with van der Waals surface area (Å²) in [6, 6.07) is 28.0. The van der Waals surface area contributed by atoms with Crippen LogP contribution in [0.3, 0.4) is 0 Å². The van der Waals surface area contributed by atoms with Gasteiger partial charge < -0.3 is 23.7 Å². The van der Waals surface area contributed by atoms with Gasteiger partial charge in [-0.25, -0.2) is 0 Å². The highest BCUT2D eigenvalue weighted by molar-refractivity contribution is 5.72. The van der Waals surface area contributed by atoms with E-state index in [4.69, 9.17) is 23.7 Å². The number of carbonyl (C=O) groups excluding carboxylic acids is 5. The lowest BCUT2D eigenvalue weighted by Crippen LogP contribution is -2.54. The monoisotopic (exact) mass is 590 g/mol. The first-order valence-electron chi connectivity index (χ1n) is 13.5. The van der Waals surface area contributed by atoms with Gasteiger partial charge in [0.25, 0.3) is 0 Å². The van der Waals surface area contributed by atoms with Gasteiger partial charge in [0.1, 0.15) is 5.60 Å². The zero-order valence-electron chi connectivity index (χ0n) is 24.3. The van der Waals surface area contributed by atoms with Crippen LogP contribution in [0.1, 0.15) is 44.4 Å². The fourth-order valence-electron chi connectivity index (χ4n) is 4.81. The number of aldehydes is 1. The molecule has 0 N–H and O–H groups in total. The Labute approximate surface area is 249 Å². The molecule has 3 rings (SSSR count). The molecular weight excluding hydrogens is 556 g/mol. The van der Waals surface area contributed by atoms with Crippen molar-refractivity contribution in [2.24, 2.45) is 0 Å². The van der Waals surface area contributed by atoms with Crippen LogP contribution in [0.4, 0.5) is 0 Å². The minimum atomic E-state index is -1.69. The van der Waals surface area contributed by atoms with Gasteiger partial charge in [0, 0.05) is 27.7 Å². The van der Waals surface area contributed by atoms with E-state index in [0.29, 0.717) is 0 Å². The Morgan fingerprint density at radius 3 is 1.30 bits per heavy atom. The highest BCUT2D eigenvalue weighted by Gasteiger charge is 2.46. The van der Waals surface area contributed by atoms with Crippen LogP contribution < -0.4 is 0 Å². The lowest BCUT2D eigenvalue weighted by Gasteiger charge is -2.39. The lowest BCUT2D eigenvalue weighted by molar-refractivity contribution is -0.203. The SMILES string of the molecule is CC(=O)O[C@@H]([C@H](OC(C)=O)[C@@H](COC(c1ccccc1)(c1ccccc1)c1ccccc1)OC(C)=O)[C@H](C=O)OC(C)=O. The van der Waals surface area contributed by atoms with Crippen molar-refractivity contribution in [3.63, 3.8) is 0 Å². The van der Waals surface area contributed by atoms with Crippen molar-refractivity contribution >= 4 is 30.2 Å². The average molecular weight is 591 g/mol. The average Bonchev–Trinajstić information content (AvgIpc) is 2.98. The van der Waals surface area contributed by atoms with Crippen molar-refractivity contribution in [3.05, 3.63) is 108 Å². The number of hydrogen-bond acceptors (Lipinski definition) is 10. The topological polar surface area (TPSA) is 132 Å². The van der Waals surface area contributed by atoms with Gasteiger partial charge in [0.2, 0.25) is 0 Å². The first-order valence-corrected chi connectivity index (χ1v) is 13.5. The minimum Gasteiger partial charge on any atom is -0.456 e. The Hall–Kier alpha value is -4.83. The molecular formula is C33H34O10.